The molecule has 1 aliphatic carbocycles. The fourth-order valence-corrected chi connectivity index (χ4v) is 5.52. The van der Waals surface area contributed by atoms with Gasteiger partial charge >= 0.3 is 6.18 Å². The first-order valence-electron chi connectivity index (χ1n) is 13.2. The Kier molecular flexibility index (Phi) is 8.23. The highest BCUT2D eigenvalue weighted by Gasteiger charge is 2.45. The normalized spacial score (nSPS) is 21.5. The van der Waals surface area contributed by atoms with Crippen LogP contribution in [-0.4, -0.2) is 36.4 Å². The highest BCUT2D eigenvalue weighted by molar-refractivity contribution is 6.00. The summed E-state index contributed by atoms with van der Waals surface area (Å²) >= 11 is 0. The van der Waals surface area contributed by atoms with Crippen LogP contribution in [-0.2, 0) is 16.4 Å². The Labute approximate surface area is 227 Å². The third kappa shape index (κ3) is 6.21. The van der Waals surface area contributed by atoms with E-state index >= 15 is 0 Å². The summed E-state index contributed by atoms with van der Waals surface area (Å²) in [6.07, 6.45) is 4.48. The summed E-state index contributed by atoms with van der Waals surface area (Å²) in [4.78, 5) is 29.2. The predicted octanol–water partition coefficient (Wildman–Crippen LogP) is 7.00. The van der Waals surface area contributed by atoms with Crippen LogP contribution in [0, 0.1) is 11.8 Å². The smallest absolute Gasteiger partial charge is 0.417 e. The van der Waals surface area contributed by atoms with Gasteiger partial charge < -0.3 is 15.0 Å². The molecule has 1 fully saturated rings. The van der Waals surface area contributed by atoms with Crippen LogP contribution in [0.2, 0.25) is 0 Å². The van der Waals surface area contributed by atoms with Crippen LogP contribution in [0.15, 0.2) is 66.8 Å². The Morgan fingerprint density at radius 1 is 1.05 bits per heavy atom. The van der Waals surface area contributed by atoms with E-state index in [9.17, 15) is 22.8 Å². The van der Waals surface area contributed by atoms with Gasteiger partial charge in [-0.2, -0.15) is 13.2 Å². The summed E-state index contributed by atoms with van der Waals surface area (Å²) in [7, 11) is 1.25. The zero-order chi connectivity index (χ0) is 28.4. The van der Waals surface area contributed by atoms with Gasteiger partial charge in [-0.3, -0.25) is 9.59 Å². The van der Waals surface area contributed by atoms with Crippen molar-refractivity contribution in [3.8, 4) is 5.75 Å². The molecule has 8 heteroatoms. The lowest BCUT2D eigenvalue weighted by molar-refractivity contribution is -0.138. The van der Waals surface area contributed by atoms with Crippen LogP contribution >= 0.6 is 0 Å². The molecule has 0 aromatic heterocycles. The molecule has 3 atom stereocenters. The molecule has 1 saturated heterocycles. The van der Waals surface area contributed by atoms with Gasteiger partial charge in [0.1, 0.15) is 5.75 Å². The Morgan fingerprint density at radius 2 is 1.79 bits per heavy atom. The summed E-state index contributed by atoms with van der Waals surface area (Å²) in [5, 5.41) is 3.03. The number of nitrogens with zero attached hydrogens (tertiary/aromatic N) is 1. The van der Waals surface area contributed by atoms with E-state index in [0.29, 0.717) is 24.9 Å². The van der Waals surface area contributed by atoms with Crippen molar-refractivity contribution in [3.63, 3.8) is 0 Å². The van der Waals surface area contributed by atoms with E-state index in [2.05, 4.69) is 26.1 Å². The van der Waals surface area contributed by atoms with Gasteiger partial charge in [-0.25, -0.2) is 0 Å². The number of ether oxygens (including phenoxy) is 1. The highest BCUT2D eigenvalue weighted by atomic mass is 19.4. The van der Waals surface area contributed by atoms with Crippen LogP contribution < -0.4 is 10.1 Å². The molecule has 0 bridgehead atoms. The maximum Gasteiger partial charge on any atom is 0.417 e. The van der Waals surface area contributed by atoms with Gasteiger partial charge in [-0.15, -0.1) is 0 Å². The molecule has 1 aliphatic heterocycles. The van der Waals surface area contributed by atoms with Gasteiger partial charge in [0.2, 0.25) is 5.91 Å². The Morgan fingerprint density at radius 3 is 2.44 bits per heavy atom. The highest BCUT2D eigenvalue weighted by Crippen LogP contribution is 2.40. The number of benzene rings is 2. The molecule has 0 spiro atoms. The van der Waals surface area contributed by atoms with Crippen molar-refractivity contribution in [1.29, 1.82) is 0 Å². The molecular weight excluding hydrogens is 505 g/mol. The molecule has 1 N–H and O–H groups in total. The maximum absolute atomic E-state index is 14.0. The van der Waals surface area contributed by atoms with Crippen molar-refractivity contribution < 1.29 is 27.5 Å². The zero-order valence-corrected chi connectivity index (χ0v) is 22.7. The first-order chi connectivity index (χ1) is 18.4. The first-order valence-corrected chi connectivity index (χ1v) is 13.2. The minimum atomic E-state index is -4.74. The van der Waals surface area contributed by atoms with Crippen LogP contribution in [0.4, 0.5) is 18.9 Å². The number of methoxy groups -OCH3 is 1. The van der Waals surface area contributed by atoms with E-state index in [1.807, 2.05) is 48.6 Å². The Hall–Kier alpha value is -3.55. The van der Waals surface area contributed by atoms with E-state index < -0.39 is 35.2 Å². The van der Waals surface area contributed by atoms with Crippen molar-refractivity contribution in [2.24, 2.45) is 11.8 Å². The van der Waals surface area contributed by atoms with Crippen molar-refractivity contribution in [2.75, 3.05) is 19.0 Å². The Balaban J connectivity index is 1.71. The molecule has 0 radical (unpaired) electrons. The number of allylic oxidation sites excluding steroid dienone is 3. The number of halogens is 3. The van der Waals surface area contributed by atoms with Crippen molar-refractivity contribution in [1.82, 2.24) is 4.90 Å². The number of carbonyl (C=O) groups excluding carboxylic acids is 2. The number of carbonyl (C=O) groups is 2. The van der Waals surface area contributed by atoms with E-state index in [4.69, 9.17) is 4.74 Å². The molecule has 2 amide bonds. The van der Waals surface area contributed by atoms with Crippen LogP contribution in [0.5, 0.6) is 5.75 Å². The average Bonchev–Trinajstić information content (AvgIpc) is 2.91. The monoisotopic (exact) mass is 540 g/mol. The van der Waals surface area contributed by atoms with Crippen molar-refractivity contribution in [2.45, 2.75) is 57.7 Å². The molecular formula is C31H35F3N2O3. The standard InChI is InChI=1S/C31H35F3N2O3/c1-30(2,3)21-13-8-14-22(19-21)35-28(37)23-15-10-18-36(27(23)20-11-6-5-7-12-20)29(38)26-24(31(32,33)34)16-9-17-25(26)39-4/h5-9,11,13-14,16-17,19-20,23,27H,10,12,15,18H2,1-4H3,(H,35,37)/t20?,23-,27-/m0/s1. The van der Waals surface area contributed by atoms with Crippen LogP contribution in [0.1, 0.15) is 61.5 Å². The van der Waals surface area contributed by atoms with Gasteiger partial charge in [0.25, 0.3) is 5.91 Å². The van der Waals surface area contributed by atoms with Gasteiger partial charge in [0, 0.05) is 18.2 Å². The zero-order valence-electron chi connectivity index (χ0n) is 22.7. The lowest BCUT2D eigenvalue weighted by Gasteiger charge is -2.44. The van der Waals surface area contributed by atoms with E-state index in [1.165, 1.54) is 24.1 Å². The molecule has 2 aromatic carbocycles. The fraction of sp³-hybridized carbons (Fsp3) is 0.419. The lowest BCUT2D eigenvalue weighted by atomic mass is 9.77. The summed E-state index contributed by atoms with van der Waals surface area (Å²) in [6.45, 7) is 6.51. The molecule has 5 nitrogen and oxygen atoms in total. The maximum atomic E-state index is 14.0. The number of hydrogen-bond donors (Lipinski definition) is 1. The predicted molar refractivity (Wildman–Crippen MR) is 146 cm³/mol. The summed E-state index contributed by atoms with van der Waals surface area (Å²) < 4.78 is 47.2. The molecule has 2 aromatic rings. The molecule has 39 heavy (non-hydrogen) atoms. The van der Waals surface area contributed by atoms with Gasteiger partial charge in [0.05, 0.1) is 30.2 Å². The number of amides is 2. The summed E-state index contributed by atoms with van der Waals surface area (Å²) in [5.41, 5.74) is 0.0370. The van der Waals surface area contributed by atoms with Gasteiger partial charge in [-0.1, -0.05) is 63.3 Å². The third-order valence-electron chi connectivity index (χ3n) is 7.50. The van der Waals surface area contributed by atoms with Crippen molar-refractivity contribution >= 4 is 17.5 Å². The minimum absolute atomic E-state index is 0.110. The lowest BCUT2D eigenvalue weighted by Crippen LogP contribution is -2.55. The molecule has 0 saturated carbocycles. The van der Waals surface area contributed by atoms with Crippen LogP contribution in [0.3, 0.4) is 0 Å². The number of rotatable bonds is 5. The number of anilines is 1. The van der Waals surface area contributed by atoms with Crippen LogP contribution in [0.25, 0.3) is 0 Å². The summed E-state index contributed by atoms with van der Waals surface area (Å²) in [6, 6.07) is 10.5. The minimum Gasteiger partial charge on any atom is -0.496 e. The Bertz CT molecular complexity index is 1280. The number of piperidine rings is 1. The SMILES string of the molecule is COc1cccc(C(F)(F)F)c1C(=O)N1CCC[C@H](C(=O)Nc2cccc(C(C)(C)C)c2)[C@@H]1C1C=CC=CC1. The molecule has 1 heterocycles. The van der Waals surface area contributed by atoms with E-state index in [-0.39, 0.29) is 29.5 Å². The second-order valence-electron chi connectivity index (χ2n) is 11.2. The van der Waals surface area contributed by atoms with E-state index in [0.717, 1.165) is 11.6 Å². The number of hydrogen-bond acceptors (Lipinski definition) is 3. The average molecular weight is 541 g/mol. The second-order valence-corrected chi connectivity index (χ2v) is 11.2. The van der Waals surface area contributed by atoms with E-state index in [1.54, 1.807) is 0 Å². The number of nitrogens with one attached hydrogen (secondary N) is 1. The third-order valence-corrected chi connectivity index (χ3v) is 7.50. The largest absolute Gasteiger partial charge is 0.496 e. The van der Waals surface area contributed by atoms with Crippen molar-refractivity contribution in [3.05, 3.63) is 83.5 Å². The van der Waals surface area contributed by atoms with Gasteiger partial charge in [-0.05, 0) is 54.5 Å². The first kappa shape index (κ1) is 28.5. The molecule has 1 unspecified atom stereocenters. The fourth-order valence-electron chi connectivity index (χ4n) is 5.52. The quantitative estimate of drug-likeness (QED) is 0.444. The summed E-state index contributed by atoms with van der Waals surface area (Å²) in [5.74, 6) is -1.99. The van der Waals surface area contributed by atoms with Gasteiger partial charge in [0.15, 0.2) is 0 Å². The number of likely N-dealkylation sites (tertiary alicyclic amines) is 1. The molecule has 2 aliphatic rings. The topological polar surface area (TPSA) is 58.6 Å². The number of alkyl halides is 3. The molecule has 208 valence electrons. The molecule has 4 rings (SSSR count). The second kappa shape index (κ2) is 11.3.